The van der Waals surface area contributed by atoms with E-state index in [-0.39, 0.29) is 11.1 Å². The number of hydrogen-bond donors (Lipinski definition) is 0. The minimum atomic E-state index is -1.24. The minimum Gasteiger partial charge on any atom is -0.495 e. The van der Waals surface area contributed by atoms with Gasteiger partial charge in [0.2, 0.25) is 0 Å². The highest BCUT2D eigenvalue weighted by Crippen LogP contribution is 2.44. The van der Waals surface area contributed by atoms with Crippen molar-refractivity contribution in [2.24, 2.45) is 5.92 Å². The summed E-state index contributed by atoms with van der Waals surface area (Å²) in [7, 11) is 1.48. The van der Waals surface area contributed by atoms with Crippen molar-refractivity contribution in [1.82, 2.24) is 10.2 Å². The van der Waals surface area contributed by atoms with Crippen LogP contribution in [-0.4, -0.2) is 39.4 Å². The number of thiocarbonyl (C=S) groups is 1. The Labute approximate surface area is 152 Å². The van der Waals surface area contributed by atoms with E-state index in [2.05, 4.69) is 0 Å². The Hall–Kier alpha value is -0.860. The van der Waals surface area contributed by atoms with Gasteiger partial charge in [0.25, 0.3) is 0 Å². The smallest absolute Gasteiger partial charge is 0.369 e. The number of nitrogens with zero attached hydrogens (tertiary/aromatic N) is 3. The van der Waals surface area contributed by atoms with E-state index in [1.807, 2.05) is 0 Å². The number of alkyl halides is 2. The molecule has 23 heavy (non-hydrogen) atoms. The molecule has 1 aliphatic heterocycles. The quantitative estimate of drug-likeness (QED) is 0.330. The first-order chi connectivity index (χ1) is 10.9. The first-order valence-corrected chi connectivity index (χ1v) is 8.24. The van der Waals surface area contributed by atoms with Crippen LogP contribution in [0, 0.1) is 5.92 Å². The Balaban J connectivity index is 2.03. The van der Waals surface area contributed by atoms with Gasteiger partial charge in [-0.2, -0.15) is 0 Å². The zero-order chi connectivity index (χ0) is 16.9. The van der Waals surface area contributed by atoms with Gasteiger partial charge in [0.05, 0.1) is 12.1 Å². The number of halogens is 4. The summed E-state index contributed by atoms with van der Waals surface area (Å²) in [5.74, 6) is 0.262. The van der Waals surface area contributed by atoms with Gasteiger partial charge in [0.1, 0.15) is 11.9 Å². The summed E-state index contributed by atoms with van der Waals surface area (Å²) in [6, 6.07) is 3.82. The molecule has 10 heteroatoms. The summed E-state index contributed by atoms with van der Waals surface area (Å²) < 4.78 is 19.4. The van der Waals surface area contributed by atoms with Crippen LogP contribution in [0.3, 0.4) is 0 Å². The second-order valence-electron chi connectivity index (χ2n) is 5.08. The summed E-state index contributed by atoms with van der Waals surface area (Å²) in [5.41, 5.74) is 0.402. The number of hydrogen-bond acceptors (Lipinski definition) is 4. The van der Waals surface area contributed by atoms with E-state index in [9.17, 15) is 9.28 Å². The van der Waals surface area contributed by atoms with Crippen molar-refractivity contribution in [3.05, 3.63) is 23.2 Å². The average Bonchev–Trinajstić information content (AvgIpc) is 3.15. The van der Waals surface area contributed by atoms with Gasteiger partial charge in [-0.3, -0.25) is 4.90 Å². The molecule has 2 aliphatic rings. The van der Waals surface area contributed by atoms with Gasteiger partial charge in [-0.05, 0) is 24.6 Å². The molecular formula is C13H11Cl3FN3O2S. The maximum absolute atomic E-state index is 14.3. The lowest BCUT2D eigenvalue weighted by atomic mass is 10.2. The van der Waals surface area contributed by atoms with Crippen molar-refractivity contribution in [3.63, 3.8) is 0 Å². The predicted molar refractivity (Wildman–Crippen MR) is 90.7 cm³/mol. The number of hydrazine groups is 1. The normalized spacial score (nSPS) is 24.8. The number of urea groups is 1. The van der Waals surface area contributed by atoms with E-state index in [0.29, 0.717) is 22.9 Å². The van der Waals surface area contributed by atoms with Gasteiger partial charge < -0.3 is 4.74 Å². The third-order valence-corrected chi connectivity index (χ3v) is 4.91. The Kier molecular flexibility index (Phi) is 4.59. The Bertz CT molecular complexity index is 678. The number of rotatable bonds is 4. The number of carbonyl (C=O) groups is 1. The molecule has 2 atom stereocenters. The molecule has 2 unspecified atom stereocenters. The summed E-state index contributed by atoms with van der Waals surface area (Å²) in [6.07, 6.45) is -0.136. The summed E-state index contributed by atoms with van der Waals surface area (Å²) >= 11 is 22.9. The summed E-state index contributed by atoms with van der Waals surface area (Å²) in [5, 5.41) is 1.16. The predicted octanol–water partition coefficient (Wildman–Crippen LogP) is 4.17. The van der Waals surface area contributed by atoms with Gasteiger partial charge in [-0.1, -0.05) is 56.7 Å². The molecule has 2 fully saturated rings. The molecule has 1 aliphatic carbocycles. The van der Waals surface area contributed by atoms with Crippen LogP contribution < -0.4 is 9.64 Å². The molecule has 0 spiro atoms. The highest BCUT2D eigenvalue weighted by atomic mass is 35.5. The molecule has 1 aromatic carbocycles. The first-order valence-electron chi connectivity index (χ1n) is 6.58. The molecular weight excluding hydrogens is 388 g/mol. The second-order valence-corrected chi connectivity index (χ2v) is 7.06. The summed E-state index contributed by atoms with van der Waals surface area (Å²) in [6.45, 7) is 0. The van der Waals surface area contributed by atoms with Gasteiger partial charge >= 0.3 is 6.03 Å². The number of amides is 2. The molecule has 1 aromatic rings. The van der Waals surface area contributed by atoms with Crippen molar-refractivity contribution in [1.29, 1.82) is 0 Å². The third-order valence-electron chi connectivity index (χ3n) is 3.75. The fraction of sp³-hybridized carbons (Fsp3) is 0.385. The van der Waals surface area contributed by atoms with Gasteiger partial charge in [0.15, 0.2) is 4.96 Å². The highest BCUT2D eigenvalue weighted by molar-refractivity contribution is 7.81. The van der Waals surface area contributed by atoms with Crippen LogP contribution in [0.25, 0.3) is 0 Å². The largest absolute Gasteiger partial charge is 0.495 e. The SMILES string of the molecule is COc1ccc(N2C(=O)N(F)N(C(Cl)Cl)C2C2CC2=S)cc1Cl. The standard InChI is InChI=1S/C13H11Cl3FN3O2S/c1-22-9-3-2-6(4-8(9)14)18-11(7-5-10(7)23)19(12(15)16)20(17)13(18)21/h2-4,7,11-12H,5H2,1H3. The zero-order valence-electron chi connectivity index (χ0n) is 11.7. The molecule has 3 rings (SSSR count). The molecule has 1 saturated carbocycles. The van der Waals surface area contributed by atoms with Crippen LogP contribution in [0.1, 0.15) is 6.42 Å². The van der Waals surface area contributed by atoms with Crippen LogP contribution in [-0.2, 0) is 0 Å². The number of ether oxygens (including phenoxy) is 1. The maximum Gasteiger partial charge on any atom is 0.369 e. The summed E-state index contributed by atoms with van der Waals surface area (Å²) in [4.78, 5) is 13.1. The molecule has 2 amide bonds. The second kappa shape index (κ2) is 6.22. The van der Waals surface area contributed by atoms with Crippen molar-refractivity contribution in [3.8, 4) is 5.75 Å². The molecule has 1 heterocycles. The van der Waals surface area contributed by atoms with E-state index in [1.54, 1.807) is 12.1 Å². The first kappa shape index (κ1) is 17.0. The van der Waals surface area contributed by atoms with E-state index in [0.717, 1.165) is 9.87 Å². The number of benzene rings is 1. The van der Waals surface area contributed by atoms with Gasteiger partial charge in [-0.25, -0.2) is 4.79 Å². The molecule has 0 radical (unpaired) electrons. The van der Waals surface area contributed by atoms with Crippen molar-refractivity contribution in [2.45, 2.75) is 17.5 Å². The minimum absolute atomic E-state index is 0.0889. The lowest BCUT2D eigenvalue weighted by molar-refractivity contribution is -0.113. The Morgan fingerprint density at radius 1 is 1.43 bits per heavy atom. The Morgan fingerprint density at radius 3 is 2.57 bits per heavy atom. The molecule has 5 nitrogen and oxygen atoms in total. The van der Waals surface area contributed by atoms with Gasteiger partial charge in [0, 0.05) is 16.5 Å². The topological polar surface area (TPSA) is 36.0 Å². The van der Waals surface area contributed by atoms with Crippen molar-refractivity contribution >= 4 is 63.6 Å². The molecule has 124 valence electrons. The molecule has 0 bridgehead atoms. The van der Waals surface area contributed by atoms with Crippen LogP contribution in [0.2, 0.25) is 5.02 Å². The lowest BCUT2D eigenvalue weighted by Gasteiger charge is -2.28. The fourth-order valence-corrected chi connectivity index (χ4v) is 3.51. The van der Waals surface area contributed by atoms with E-state index >= 15 is 0 Å². The fourth-order valence-electron chi connectivity index (χ4n) is 2.58. The third kappa shape index (κ3) is 2.85. The monoisotopic (exact) mass is 397 g/mol. The van der Waals surface area contributed by atoms with Gasteiger partial charge in [-0.15, -0.1) is 5.01 Å². The molecule has 1 saturated heterocycles. The molecule has 0 N–H and O–H groups in total. The van der Waals surface area contributed by atoms with Crippen molar-refractivity contribution in [2.75, 3.05) is 12.0 Å². The van der Waals surface area contributed by atoms with Crippen LogP contribution in [0.5, 0.6) is 5.75 Å². The number of anilines is 1. The average molecular weight is 399 g/mol. The maximum atomic E-state index is 14.3. The zero-order valence-corrected chi connectivity index (χ0v) is 14.8. The Morgan fingerprint density at radius 2 is 2.09 bits per heavy atom. The lowest BCUT2D eigenvalue weighted by Crippen LogP contribution is -2.45. The van der Waals surface area contributed by atoms with Crippen LogP contribution in [0.15, 0.2) is 18.2 Å². The van der Waals surface area contributed by atoms with E-state index in [1.165, 1.54) is 18.1 Å². The molecule has 0 aromatic heterocycles. The van der Waals surface area contributed by atoms with E-state index < -0.39 is 17.2 Å². The number of carbonyl (C=O) groups excluding carboxylic acids is 1. The number of methoxy groups -OCH3 is 1. The van der Waals surface area contributed by atoms with Crippen LogP contribution >= 0.6 is 47.0 Å². The van der Waals surface area contributed by atoms with Crippen molar-refractivity contribution < 1.29 is 14.0 Å². The van der Waals surface area contributed by atoms with E-state index in [4.69, 9.17) is 51.8 Å². The van der Waals surface area contributed by atoms with Crippen LogP contribution in [0.4, 0.5) is 15.0 Å². The highest BCUT2D eigenvalue weighted by Gasteiger charge is 2.56.